The third-order valence-electron chi connectivity index (χ3n) is 3.57. The first-order chi connectivity index (χ1) is 10.1. The number of nitrogens with zero attached hydrogens (tertiary/aromatic N) is 3. The lowest BCUT2D eigenvalue weighted by atomic mass is 10.1. The van der Waals surface area contributed by atoms with Crippen LogP contribution in [0.3, 0.4) is 0 Å². The Kier molecular flexibility index (Phi) is 5.33. The van der Waals surface area contributed by atoms with Crippen molar-refractivity contribution in [2.45, 2.75) is 45.8 Å². The summed E-state index contributed by atoms with van der Waals surface area (Å²) in [6, 6.07) is 6.17. The van der Waals surface area contributed by atoms with Crippen molar-refractivity contribution in [3.8, 4) is 5.75 Å². The van der Waals surface area contributed by atoms with Gasteiger partial charge in [0.1, 0.15) is 12.4 Å². The summed E-state index contributed by atoms with van der Waals surface area (Å²) < 4.78 is 7.62. The van der Waals surface area contributed by atoms with Crippen LogP contribution >= 0.6 is 0 Å². The number of aromatic nitrogens is 3. The maximum atomic E-state index is 5.93. The minimum Gasteiger partial charge on any atom is -0.486 e. The molecule has 21 heavy (non-hydrogen) atoms. The Hall–Kier alpha value is -1.88. The minimum atomic E-state index is 0.172. The van der Waals surface area contributed by atoms with Gasteiger partial charge in [-0.1, -0.05) is 13.8 Å². The predicted molar refractivity (Wildman–Crippen MR) is 83.1 cm³/mol. The van der Waals surface area contributed by atoms with Crippen LogP contribution in [0.5, 0.6) is 5.75 Å². The number of pyridine rings is 1. The first kappa shape index (κ1) is 15.5. The van der Waals surface area contributed by atoms with E-state index in [0.717, 1.165) is 42.1 Å². The maximum absolute atomic E-state index is 5.93. The van der Waals surface area contributed by atoms with E-state index >= 15 is 0 Å². The van der Waals surface area contributed by atoms with E-state index < -0.39 is 0 Å². The molecule has 1 atom stereocenters. The smallest absolute Gasteiger partial charge is 0.138 e. The van der Waals surface area contributed by atoms with Gasteiger partial charge in [-0.2, -0.15) is 5.10 Å². The number of ether oxygens (including phenoxy) is 1. The van der Waals surface area contributed by atoms with Crippen molar-refractivity contribution >= 4 is 0 Å². The van der Waals surface area contributed by atoms with Crippen LogP contribution in [0.4, 0.5) is 0 Å². The van der Waals surface area contributed by atoms with Crippen LogP contribution in [-0.4, -0.2) is 20.8 Å². The number of aryl methyl sites for hydroxylation is 2. The molecule has 2 rings (SSSR count). The van der Waals surface area contributed by atoms with Crippen molar-refractivity contribution in [2.24, 2.45) is 12.8 Å². The van der Waals surface area contributed by atoms with Gasteiger partial charge < -0.3 is 10.5 Å². The van der Waals surface area contributed by atoms with E-state index in [9.17, 15) is 0 Å². The van der Waals surface area contributed by atoms with Crippen molar-refractivity contribution in [3.05, 3.63) is 41.5 Å². The number of hydrogen-bond donors (Lipinski definition) is 1. The van der Waals surface area contributed by atoms with Gasteiger partial charge in [0.2, 0.25) is 0 Å². The Morgan fingerprint density at radius 1 is 1.29 bits per heavy atom. The molecule has 1 unspecified atom stereocenters. The molecule has 0 fully saturated rings. The number of hydrogen-bond acceptors (Lipinski definition) is 4. The number of nitrogens with two attached hydrogens (primary N) is 1. The third kappa shape index (κ3) is 4.29. The molecule has 2 N–H and O–H groups in total. The lowest BCUT2D eigenvalue weighted by molar-refractivity contribution is 0.293. The van der Waals surface area contributed by atoms with Crippen LogP contribution < -0.4 is 10.5 Å². The van der Waals surface area contributed by atoms with Gasteiger partial charge in [0.25, 0.3) is 0 Å². The molecule has 0 radical (unpaired) electrons. The fourth-order valence-corrected chi connectivity index (χ4v) is 2.07. The largest absolute Gasteiger partial charge is 0.486 e. The van der Waals surface area contributed by atoms with E-state index in [-0.39, 0.29) is 6.04 Å². The summed E-state index contributed by atoms with van der Waals surface area (Å²) in [4.78, 5) is 4.40. The monoisotopic (exact) mass is 288 g/mol. The first-order valence-electron chi connectivity index (χ1n) is 7.47. The maximum Gasteiger partial charge on any atom is 0.138 e. The molecule has 0 aliphatic heterocycles. The van der Waals surface area contributed by atoms with Crippen molar-refractivity contribution in [1.29, 1.82) is 0 Å². The standard InChI is InChI=1S/C16H24N4O/c1-4-12(17)8-14-6-7-16(10-18-14)21-11-15-9-13(5-2)19-20(15)3/h6-7,9-10,12H,4-5,8,11,17H2,1-3H3. The molecule has 5 heteroatoms. The highest BCUT2D eigenvalue weighted by atomic mass is 16.5. The highest BCUT2D eigenvalue weighted by molar-refractivity contribution is 5.21. The summed E-state index contributed by atoms with van der Waals surface area (Å²) in [5.41, 5.74) is 9.07. The van der Waals surface area contributed by atoms with Crippen LogP contribution in [0.1, 0.15) is 37.4 Å². The molecule has 0 aliphatic rings. The molecule has 5 nitrogen and oxygen atoms in total. The van der Waals surface area contributed by atoms with Crippen molar-refractivity contribution in [1.82, 2.24) is 14.8 Å². The Balaban J connectivity index is 1.92. The molecule has 114 valence electrons. The van der Waals surface area contributed by atoms with Gasteiger partial charge in [0.05, 0.1) is 17.6 Å². The van der Waals surface area contributed by atoms with Gasteiger partial charge in [-0.05, 0) is 31.0 Å². The average molecular weight is 288 g/mol. The first-order valence-corrected chi connectivity index (χ1v) is 7.47. The normalized spacial score (nSPS) is 12.4. The lowest BCUT2D eigenvalue weighted by Crippen LogP contribution is -2.21. The molecule has 2 aromatic rings. The molecule has 0 saturated heterocycles. The van der Waals surface area contributed by atoms with E-state index in [0.29, 0.717) is 6.61 Å². The molecular formula is C16H24N4O. The van der Waals surface area contributed by atoms with Gasteiger partial charge in [0, 0.05) is 25.2 Å². The summed E-state index contributed by atoms with van der Waals surface area (Å²) >= 11 is 0. The van der Waals surface area contributed by atoms with E-state index in [1.165, 1.54) is 0 Å². The van der Waals surface area contributed by atoms with E-state index in [1.807, 2.05) is 23.9 Å². The van der Waals surface area contributed by atoms with Crippen LogP contribution in [0.15, 0.2) is 24.4 Å². The van der Waals surface area contributed by atoms with E-state index in [4.69, 9.17) is 10.5 Å². The Morgan fingerprint density at radius 3 is 2.67 bits per heavy atom. The molecule has 0 aromatic carbocycles. The molecule has 0 aliphatic carbocycles. The highest BCUT2D eigenvalue weighted by Gasteiger charge is 2.06. The van der Waals surface area contributed by atoms with E-state index in [1.54, 1.807) is 6.20 Å². The zero-order chi connectivity index (χ0) is 15.2. The van der Waals surface area contributed by atoms with Gasteiger partial charge in [0.15, 0.2) is 0 Å². The summed E-state index contributed by atoms with van der Waals surface area (Å²) in [5.74, 6) is 0.767. The molecule has 2 heterocycles. The summed E-state index contributed by atoms with van der Waals surface area (Å²) in [6.45, 7) is 4.68. The summed E-state index contributed by atoms with van der Waals surface area (Å²) in [6.07, 6.45) is 4.45. The lowest BCUT2D eigenvalue weighted by Gasteiger charge is -2.09. The summed E-state index contributed by atoms with van der Waals surface area (Å²) in [5, 5.41) is 4.40. The Bertz CT molecular complexity index is 562. The third-order valence-corrected chi connectivity index (χ3v) is 3.57. The van der Waals surface area contributed by atoms with Gasteiger partial charge >= 0.3 is 0 Å². The second-order valence-electron chi connectivity index (χ2n) is 5.25. The van der Waals surface area contributed by atoms with Crippen molar-refractivity contribution in [2.75, 3.05) is 0 Å². The highest BCUT2D eigenvalue weighted by Crippen LogP contribution is 2.13. The minimum absolute atomic E-state index is 0.172. The zero-order valence-corrected chi connectivity index (χ0v) is 13.0. The average Bonchev–Trinajstić information content (AvgIpc) is 2.87. The fourth-order valence-electron chi connectivity index (χ4n) is 2.07. The van der Waals surface area contributed by atoms with Crippen LogP contribution in [0.2, 0.25) is 0 Å². The molecule has 0 spiro atoms. The van der Waals surface area contributed by atoms with Crippen LogP contribution in [0, 0.1) is 0 Å². The quantitative estimate of drug-likeness (QED) is 0.848. The molecule has 0 amide bonds. The van der Waals surface area contributed by atoms with Crippen molar-refractivity contribution < 1.29 is 4.74 Å². The molecule has 0 bridgehead atoms. The fraction of sp³-hybridized carbons (Fsp3) is 0.500. The second-order valence-corrected chi connectivity index (χ2v) is 5.25. The van der Waals surface area contributed by atoms with E-state index in [2.05, 4.69) is 30.0 Å². The second kappa shape index (κ2) is 7.22. The Labute approximate surface area is 126 Å². The van der Waals surface area contributed by atoms with Crippen molar-refractivity contribution in [3.63, 3.8) is 0 Å². The molecule has 0 saturated carbocycles. The molecular weight excluding hydrogens is 264 g/mol. The van der Waals surface area contributed by atoms with Crippen LogP contribution in [-0.2, 0) is 26.5 Å². The predicted octanol–water partition coefficient (Wildman–Crippen LogP) is 2.24. The SMILES string of the molecule is CCc1cc(COc2ccc(CC(N)CC)nc2)n(C)n1. The molecule has 2 aromatic heterocycles. The van der Waals surface area contributed by atoms with Gasteiger partial charge in [-0.15, -0.1) is 0 Å². The van der Waals surface area contributed by atoms with Crippen LogP contribution in [0.25, 0.3) is 0 Å². The van der Waals surface area contributed by atoms with Gasteiger partial charge in [-0.25, -0.2) is 0 Å². The zero-order valence-electron chi connectivity index (χ0n) is 13.0. The van der Waals surface area contributed by atoms with Gasteiger partial charge in [-0.3, -0.25) is 9.67 Å². The Morgan fingerprint density at radius 2 is 2.10 bits per heavy atom. The number of rotatable bonds is 7. The summed E-state index contributed by atoms with van der Waals surface area (Å²) in [7, 11) is 1.94. The topological polar surface area (TPSA) is 66.0 Å².